The molecular formula is C9H14F3NO2. The third-order valence-electron chi connectivity index (χ3n) is 1.86. The van der Waals surface area contributed by atoms with Gasteiger partial charge in [0.2, 0.25) is 0 Å². The van der Waals surface area contributed by atoms with Crippen LogP contribution in [0.1, 0.15) is 19.3 Å². The normalized spacial score (nSPS) is 20.3. The number of alkyl halides is 3. The van der Waals surface area contributed by atoms with Gasteiger partial charge in [-0.15, -0.1) is 6.58 Å². The number of hydrogen-bond donors (Lipinski definition) is 2. The monoisotopic (exact) mass is 225 g/mol. The second kappa shape index (κ2) is 6.44. The van der Waals surface area contributed by atoms with Crippen molar-refractivity contribution < 1.29 is 23.1 Å². The molecule has 15 heavy (non-hydrogen) atoms. The number of hydrogen-bond acceptors (Lipinski definition) is 2. The SMILES string of the molecule is C=CC[C@@H]1CCCN1.O=C(O)C(F)(F)F. The van der Waals surface area contributed by atoms with Gasteiger partial charge in [-0.3, -0.25) is 0 Å². The number of carbonyl (C=O) groups is 1. The van der Waals surface area contributed by atoms with Crippen LogP contribution in [0.25, 0.3) is 0 Å². The zero-order valence-corrected chi connectivity index (χ0v) is 8.18. The van der Waals surface area contributed by atoms with Gasteiger partial charge in [-0.2, -0.15) is 13.2 Å². The highest BCUT2D eigenvalue weighted by molar-refractivity contribution is 5.73. The first-order chi connectivity index (χ1) is 6.88. The first kappa shape index (κ1) is 14.0. The van der Waals surface area contributed by atoms with Crippen molar-refractivity contribution in [3.63, 3.8) is 0 Å². The molecule has 6 heteroatoms. The van der Waals surface area contributed by atoms with Gasteiger partial charge in [0.05, 0.1) is 0 Å². The van der Waals surface area contributed by atoms with Crippen LogP contribution in [0.5, 0.6) is 0 Å². The number of rotatable bonds is 2. The van der Waals surface area contributed by atoms with Crippen molar-refractivity contribution in [1.82, 2.24) is 5.32 Å². The van der Waals surface area contributed by atoms with Crippen LogP contribution in [-0.2, 0) is 4.79 Å². The summed E-state index contributed by atoms with van der Waals surface area (Å²) in [4.78, 5) is 8.90. The Balaban J connectivity index is 0.000000265. The van der Waals surface area contributed by atoms with E-state index in [0.29, 0.717) is 0 Å². The van der Waals surface area contributed by atoms with Crippen molar-refractivity contribution in [3.8, 4) is 0 Å². The number of nitrogens with one attached hydrogen (secondary N) is 1. The topological polar surface area (TPSA) is 49.3 Å². The quantitative estimate of drug-likeness (QED) is 0.706. The first-order valence-electron chi connectivity index (χ1n) is 4.52. The maximum atomic E-state index is 10.6. The molecule has 0 bridgehead atoms. The molecule has 88 valence electrons. The lowest BCUT2D eigenvalue weighted by Crippen LogP contribution is -2.21. The zero-order chi connectivity index (χ0) is 11.9. The second-order valence-electron chi connectivity index (χ2n) is 3.12. The molecule has 0 amide bonds. The van der Waals surface area contributed by atoms with E-state index in [9.17, 15) is 13.2 Å². The molecule has 1 saturated heterocycles. The molecule has 0 unspecified atom stereocenters. The number of carboxylic acids is 1. The third kappa shape index (κ3) is 6.96. The summed E-state index contributed by atoms with van der Waals surface area (Å²) in [6.07, 6.45) is 0.730. The standard InChI is InChI=1S/C7H13N.C2HF3O2/c1-2-4-7-5-3-6-8-7;3-2(4,5)1(6)7/h2,7-8H,1,3-6H2;(H,6,7)/t7-;/m1./s1. The van der Waals surface area contributed by atoms with Crippen molar-refractivity contribution in [1.29, 1.82) is 0 Å². The predicted octanol–water partition coefficient (Wildman–Crippen LogP) is 1.95. The minimum Gasteiger partial charge on any atom is -0.475 e. The Morgan fingerprint density at radius 2 is 2.13 bits per heavy atom. The lowest BCUT2D eigenvalue weighted by molar-refractivity contribution is -0.192. The van der Waals surface area contributed by atoms with E-state index in [1.54, 1.807) is 0 Å². The molecule has 0 aliphatic carbocycles. The van der Waals surface area contributed by atoms with E-state index in [4.69, 9.17) is 9.90 Å². The van der Waals surface area contributed by atoms with Gasteiger partial charge in [0, 0.05) is 6.04 Å². The summed E-state index contributed by atoms with van der Waals surface area (Å²) >= 11 is 0. The fraction of sp³-hybridized carbons (Fsp3) is 0.667. The van der Waals surface area contributed by atoms with Gasteiger partial charge in [-0.05, 0) is 25.8 Å². The first-order valence-corrected chi connectivity index (χ1v) is 4.52. The van der Waals surface area contributed by atoms with E-state index in [0.717, 1.165) is 12.5 Å². The van der Waals surface area contributed by atoms with E-state index in [1.807, 2.05) is 6.08 Å². The molecule has 0 saturated carbocycles. The summed E-state index contributed by atoms with van der Waals surface area (Å²) in [6.45, 7) is 4.89. The summed E-state index contributed by atoms with van der Waals surface area (Å²) in [5.74, 6) is -2.76. The van der Waals surface area contributed by atoms with Crippen molar-refractivity contribution in [3.05, 3.63) is 12.7 Å². The van der Waals surface area contributed by atoms with Gasteiger partial charge in [0.1, 0.15) is 0 Å². The summed E-state index contributed by atoms with van der Waals surface area (Å²) in [6, 6.07) is 0.743. The zero-order valence-electron chi connectivity index (χ0n) is 8.18. The Hall–Kier alpha value is -1.04. The van der Waals surface area contributed by atoms with Crippen LogP contribution in [0.2, 0.25) is 0 Å². The summed E-state index contributed by atoms with van der Waals surface area (Å²) < 4.78 is 31.7. The lowest BCUT2D eigenvalue weighted by atomic mass is 10.2. The second-order valence-corrected chi connectivity index (χ2v) is 3.12. The van der Waals surface area contributed by atoms with E-state index in [-0.39, 0.29) is 0 Å². The maximum absolute atomic E-state index is 10.6. The third-order valence-corrected chi connectivity index (χ3v) is 1.86. The Morgan fingerprint density at radius 3 is 2.40 bits per heavy atom. The Kier molecular flexibility index (Phi) is 6.00. The Labute approximate surface area is 86.0 Å². The van der Waals surface area contributed by atoms with Crippen LogP contribution in [0.3, 0.4) is 0 Å². The predicted molar refractivity (Wildman–Crippen MR) is 49.5 cm³/mol. The molecular weight excluding hydrogens is 211 g/mol. The minimum atomic E-state index is -5.08. The van der Waals surface area contributed by atoms with Crippen LogP contribution < -0.4 is 5.32 Å². The summed E-state index contributed by atoms with van der Waals surface area (Å²) in [5.41, 5.74) is 0. The van der Waals surface area contributed by atoms with E-state index >= 15 is 0 Å². The Bertz CT molecular complexity index is 210. The molecule has 3 nitrogen and oxygen atoms in total. The number of aliphatic carboxylic acids is 1. The molecule has 0 aromatic carbocycles. The number of halogens is 3. The minimum absolute atomic E-state index is 0.743. The van der Waals surface area contributed by atoms with Crippen LogP contribution >= 0.6 is 0 Å². The van der Waals surface area contributed by atoms with Crippen molar-refractivity contribution in [2.45, 2.75) is 31.5 Å². The van der Waals surface area contributed by atoms with E-state index < -0.39 is 12.1 Å². The molecule has 1 aliphatic rings. The number of carboxylic acid groups (broad SMARTS) is 1. The van der Waals surface area contributed by atoms with E-state index in [2.05, 4.69) is 11.9 Å². The van der Waals surface area contributed by atoms with Crippen LogP contribution in [0, 0.1) is 0 Å². The molecule has 0 aromatic heterocycles. The van der Waals surface area contributed by atoms with Gasteiger partial charge in [0.15, 0.2) is 0 Å². The molecule has 0 spiro atoms. The van der Waals surface area contributed by atoms with Gasteiger partial charge in [-0.1, -0.05) is 6.08 Å². The molecule has 2 N–H and O–H groups in total. The molecule has 0 radical (unpaired) electrons. The largest absolute Gasteiger partial charge is 0.490 e. The molecule has 1 atom stereocenters. The van der Waals surface area contributed by atoms with Gasteiger partial charge >= 0.3 is 12.1 Å². The Morgan fingerprint density at radius 1 is 1.60 bits per heavy atom. The average Bonchev–Trinajstić information content (AvgIpc) is 2.57. The molecule has 1 fully saturated rings. The maximum Gasteiger partial charge on any atom is 0.490 e. The van der Waals surface area contributed by atoms with Gasteiger partial charge in [-0.25, -0.2) is 4.79 Å². The van der Waals surface area contributed by atoms with Crippen molar-refractivity contribution in [2.75, 3.05) is 6.54 Å². The summed E-state index contributed by atoms with van der Waals surface area (Å²) in [7, 11) is 0. The van der Waals surface area contributed by atoms with Crippen LogP contribution in [-0.4, -0.2) is 29.8 Å². The van der Waals surface area contributed by atoms with Crippen molar-refractivity contribution >= 4 is 5.97 Å². The van der Waals surface area contributed by atoms with Crippen molar-refractivity contribution in [2.24, 2.45) is 0 Å². The molecule has 1 rings (SSSR count). The highest BCUT2D eigenvalue weighted by Gasteiger charge is 2.38. The van der Waals surface area contributed by atoms with Crippen LogP contribution in [0.15, 0.2) is 12.7 Å². The van der Waals surface area contributed by atoms with Crippen LogP contribution in [0.4, 0.5) is 13.2 Å². The fourth-order valence-corrected chi connectivity index (χ4v) is 1.16. The highest BCUT2D eigenvalue weighted by Crippen LogP contribution is 2.13. The van der Waals surface area contributed by atoms with E-state index in [1.165, 1.54) is 19.4 Å². The fourth-order valence-electron chi connectivity index (χ4n) is 1.16. The smallest absolute Gasteiger partial charge is 0.475 e. The van der Waals surface area contributed by atoms with Gasteiger partial charge < -0.3 is 10.4 Å². The lowest BCUT2D eigenvalue weighted by Gasteiger charge is -2.03. The average molecular weight is 225 g/mol. The van der Waals surface area contributed by atoms with Gasteiger partial charge in [0.25, 0.3) is 0 Å². The molecule has 1 heterocycles. The molecule has 0 aromatic rings. The highest BCUT2D eigenvalue weighted by atomic mass is 19.4. The summed E-state index contributed by atoms with van der Waals surface area (Å²) in [5, 5.41) is 10.5. The molecule has 1 aliphatic heterocycles.